The summed E-state index contributed by atoms with van der Waals surface area (Å²) >= 11 is 0. The molecule has 1 heterocycles. The van der Waals surface area contributed by atoms with E-state index >= 15 is 0 Å². The van der Waals surface area contributed by atoms with Crippen molar-refractivity contribution in [3.8, 4) is 0 Å². The van der Waals surface area contributed by atoms with E-state index in [2.05, 4.69) is 16.8 Å². The van der Waals surface area contributed by atoms with Gasteiger partial charge in [-0.1, -0.05) is 13.0 Å². The molecular weight excluding hydrogens is 250 g/mol. The van der Waals surface area contributed by atoms with Crippen LogP contribution in [0.15, 0.2) is 23.3 Å². The first-order valence-corrected chi connectivity index (χ1v) is 7.07. The van der Waals surface area contributed by atoms with Crippen LogP contribution in [0, 0.1) is 13.8 Å². The molecule has 1 atom stereocenters. The molecule has 0 amide bonds. The number of rotatable bonds is 4. The van der Waals surface area contributed by atoms with Crippen LogP contribution in [0.2, 0.25) is 0 Å². The van der Waals surface area contributed by atoms with Gasteiger partial charge in [-0.15, -0.1) is 0 Å². The Morgan fingerprint density at radius 3 is 2.60 bits per heavy atom. The van der Waals surface area contributed by atoms with E-state index in [-0.39, 0.29) is 11.6 Å². The van der Waals surface area contributed by atoms with Crippen molar-refractivity contribution in [2.24, 2.45) is 0 Å². The minimum atomic E-state index is 0.0619. The molecule has 0 radical (unpaired) electrons. The van der Waals surface area contributed by atoms with Gasteiger partial charge in [-0.25, -0.2) is 4.98 Å². The molecule has 0 spiro atoms. The van der Waals surface area contributed by atoms with Crippen LogP contribution in [-0.2, 0) is 0 Å². The van der Waals surface area contributed by atoms with Crippen molar-refractivity contribution >= 4 is 10.9 Å². The number of hydrogen-bond donors (Lipinski definition) is 0. The summed E-state index contributed by atoms with van der Waals surface area (Å²) in [5.74, 6) is 0. The lowest BCUT2D eigenvalue weighted by molar-refractivity contribution is 0.311. The number of fused-ring (bicyclic) bond motifs is 1. The van der Waals surface area contributed by atoms with E-state index in [0.717, 1.165) is 24.0 Å². The van der Waals surface area contributed by atoms with Crippen molar-refractivity contribution in [3.63, 3.8) is 0 Å². The minimum absolute atomic E-state index is 0.0619. The normalized spacial score (nSPS) is 13.1. The van der Waals surface area contributed by atoms with Crippen molar-refractivity contribution < 1.29 is 0 Å². The number of benzene rings is 1. The summed E-state index contributed by atoms with van der Waals surface area (Å²) in [6, 6.07) is 4.06. The molecule has 1 aromatic heterocycles. The molecule has 0 fully saturated rings. The Balaban J connectivity index is 2.60. The van der Waals surface area contributed by atoms with Gasteiger partial charge in [0.2, 0.25) is 0 Å². The van der Waals surface area contributed by atoms with Gasteiger partial charge in [-0.05, 0) is 51.6 Å². The number of aromatic nitrogens is 2. The van der Waals surface area contributed by atoms with Crippen LogP contribution >= 0.6 is 0 Å². The third-order valence-corrected chi connectivity index (χ3v) is 3.92. The average Bonchev–Trinajstić information content (AvgIpc) is 2.41. The van der Waals surface area contributed by atoms with Gasteiger partial charge in [0.15, 0.2) is 0 Å². The highest BCUT2D eigenvalue weighted by atomic mass is 16.1. The van der Waals surface area contributed by atoms with E-state index in [1.165, 1.54) is 5.56 Å². The molecule has 1 aromatic carbocycles. The molecule has 0 unspecified atom stereocenters. The second-order valence-electron chi connectivity index (χ2n) is 5.68. The van der Waals surface area contributed by atoms with Crippen LogP contribution in [0.25, 0.3) is 10.9 Å². The van der Waals surface area contributed by atoms with Gasteiger partial charge in [0.1, 0.15) is 0 Å². The van der Waals surface area contributed by atoms with Crippen molar-refractivity contribution in [2.75, 3.05) is 20.6 Å². The van der Waals surface area contributed by atoms with Crippen LogP contribution in [0.5, 0.6) is 0 Å². The summed E-state index contributed by atoms with van der Waals surface area (Å²) in [6.45, 7) is 7.01. The van der Waals surface area contributed by atoms with E-state index in [0.29, 0.717) is 5.39 Å². The smallest absolute Gasteiger partial charge is 0.261 e. The van der Waals surface area contributed by atoms with Gasteiger partial charge in [-0.3, -0.25) is 9.36 Å². The molecule has 0 aliphatic heterocycles. The number of nitrogens with zero attached hydrogens (tertiary/aromatic N) is 3. The number of aryl methyl sites for hydroxylation is 2. The Morgan fingerprint density at radius 1 is 1.30 bits per heavy atom. The zero-order valence-electron chi connectivity index (χ0n) is 13.0. The third kappa shape index (κ3) is 2.61. The molecule has 2 rings (SSSR count). The maximum absolute atomic E-state index is 12.7. The van der Waals surface area contributed by atoms with E-state index in [4.69, 9.17) is 0 Å². The first-order valence-electron chi connectivity index (χ1n) is 7.07. The molecule has 4 heteroatoms. The SMILES string of the molecule is CC[C@@H](CN(C)C)n1cnc2c(C)c(C)ccc2c1=O. The highest BCUT2D eigenvalue weighted by molar-refractivity contribution is 5.81. The minimum Gasteiger partial charge on any atom is -0.307 e. The second-order valence-corrected chi connectivity index (χ2v) is 5.68. The van der Waals surface area contributed by atoms with Crippen LogP contribution in [0.4, 0.5) is 0 Å². The Hall–Kier alpha value is -1.68. The lowest BCUT2D eigenvalue weighted by Gasteiger charge is -2.22. The van der Waals surface area contributed by atoms with Crippen LogP contribution in [-0.4, -0.2) is 35.1 Å². The molecule has 2 aromatic rings. The van der Waals surface area contributed by atoms with Crippen molar-refractivity contribution in [2.45, 2.75) is 33.2 Å². The van der Waals surface area contributed by atoms with E-state index in [1.807, 2.05) is 40.1 Å². The summed E-state index contributed by atoms with van der Waals surface area (Å²) in [7, 11) is 4.05. The maximum Gasteiger partial charge on any atom is 0.261 e. The van der Waals surface area contributed by atoms with E-state index < -0.39 is 0 Å². The van der Waals surface area contributed by atoms with Gasteiger partial charge in [0, 0.05) is 6.54 Å². The second kappa shape index (κ2) is 5.75. The van der Waals surface area contributed by atoms with Gasteiger partial charge >= 0.3 is 0 Å². The lowest BCUT2D eigenvalue weighted by atomic mass is 10.1. The Bertz CT molecular complexity index is 673. The Kier molecular flexibility index (Phi) is 4.23. The quantitative estimate of drug-likeness (QED) is 0.859. The molecule has 0 aliphatic carbocycles. The first-order chi connectivity index (χ1) is 9.45. The predicted molar refractivity (Wildman–Crippen MR) is 83.4 cm³/mol. The molecule has 0 bridgehead atoms. The zero-order valence-corrected chi connectivity index (χ0v) is 13.0. The molecule has 20 heavy (non-hydrogen) atoms. The highest BCUT2D eigenvalue weighted by Crippen LogP contribution is 2.18. The highest BCUT2D eigenvalue weighted by Gasteiger charge is 2.14. The fourth-order valence-corrected chi connectivity index (χ4v) is 2.55. The summed E-state index contributed by atoms with van der Waals surface area (Å²) in [5.41, 5.74) is 3.15. The van der Waals surface area contributed by atoms with Gasteiger partial charge in [0.25, 0.3) is 5.56 Å². The summed E-state index contributed by atoms with van der Waals surface area (Å²) in [4.78, 5) is 19.3. The van der Waals surface area contributed by atoms with Crippen LogP contribution in [0.1, 0.15) is 30.5 Å². The third-order valence-electron chi connectivity index (χ3n) is 3.92. The largest absolute Gasteiger partial charge is 0.307 e. The first kappa shape index (κ1) is 14.7. The summed E-state index contributed by atoms with van der Waals surface area (Å²) in [5, 5.41) is 0.716. The Labute approximate surface area is 120 Å². The lowest BCUT2D eigenvalue weighted by Crippen LogP contribution is -2.31. The maximum atomic E-state index is 12.7. The van der Waals surface area contributed by atoms with E-state index in [1.54, 1.807) is 10.9 Å². The van der Waals surface area contributed by atoms with Crippen LogP contribution < -0.4 is 5.56 Å². The molecule has 0 saturated carbocycles. The molecule has 108 valence electrons. The summed E-state index contributed by atoms with van der Waals surface area (Å²) in [6.07, 6.45) is 2.62. The Morgan fingerprint density at radius 2 is 2.00 bits per heavy atom. The standard InChI is InChI=1S/C16H23N3O/c1-6-13(9-18(4)5)19-10-17-15-12(3)11(2)7-8-14(15)16(19)20/h7-8,10,13H,6,9H2,1-5H3/t13-/m0/s1. The van der Waals surface area contributed by atoms with Crippen LogP contribution in [0.3, 0.4) is 0 Å². The fourth-order valence-electron chi connectivity index (χ4n) is 2.55. The molecule has 0 aliphatic rings. The van der Waals surface area contributed by atoms with Crippen molar-refractivity contribution in [1.29, 1.82) is 0 Å². The van der Waals surface area contributed by atoms with Gasteiger partial charge in [-0.2, -0.15) is 0 Å². The van der Waals surface area contributed by atoms with Crippen molar-refractivity contribution in [3.05, 3.63) is 39.9 Å². The van der Waals surface area contributed by atoms with Gasteiger partial charge in [0.05, 0.1) is 23.3 Å². The van der Waals surface area contributed by atoms with Gasteiger partial charge < -0.3 is 4.90 Å². The summed E-state index contributed by atoms with van der Waals surface area (Å²) < 4.78 is 1.77. The molecule has 4 nitrogen and oxygen atoms in total. The predicted octanol–water partition coefficient (Wildman–Crippen LogP) is 2.53. The molecule has 0 saturated heterocycles. The molecule has 0 N–H and O–H groups in total. The monoisotopic (exact) mass is 273 g/mol. The van der Waals surface area contributed by atoms with E-state index in [9.17, 15) is 4.79 Å². The zero-order chi connectivity index (χ0) is 14.9. The fraction of sp³-hybridized carbons (Fsp3) is 0.500. The topological polar surface area (TPSA) is 38.1 Å². The van der Waals surface area contributed by atoms with Crippen molar-refractivity contribution in [1.82, 2.24) is 14.5 Å². The number of hydrogen-bond acceptors (Lipinski definition) is 3. The average molecular weight is 273 g/mol. The number of likely N-dealkylation sites (N-methyl/N-ethyl adjacent to an activating group) is 1. The molecular formula is C16H23N3O.